The van der Waals surface area contributed by atoms with Crippen LogP contribution in [-0.4, -0.2) is 36.1 Å². The predicted molar refractivity (Wildman–Crippen MR) is 91.3 cm³/mol. The molecule has 3 aromatic rings. The standard InChI is InChI=1S/C16H18F3N7O/c1-4-27-15-14(21-6-7-22-15)26-13(20)11(12(24-26)16(17,18)19)10-5-8-25(23-10)9(2)3/h5-9H,4,20H2,1-3H3. The molecule has 8 nitrogen and oxygen atoms in total. The van der Waals surface area contributed by atoms with E-state index >= 15 is 0 Å². The van der Waals surface area contributed by atoms with Crippen molar-refractivity contribution in [3.05, 3.63) is 30.4 Å². The topological polar surface area (TPSA) is 96.7 Å². The van der Waals surface area contributed by atoms with E-state index in [1.165, 1.54) is 18.5 Å². The Bertz CT molecular complexity index is 946. The molecule has 0 saturated carbocycles. The van der Waals surface area contributed by atoms with Crippen molar-refractivity contribution >= 4 is 5.82 Å². The van der Waals surface area contributed by atoms with Gasteiger partial charge in [0.2, 0.25) is 5.82 Å². The monoisotopic (exact) mass is 381 g/mol. The Morgan fingerprint density at radius 3 is 2.48 bits per heavy atom. The first-order chi connectivity index (χ1) is 12.7. The van der Waals surface area contributed by atoms with Crippen molar-refractivity contribution in [1.82, 2.24) is 29.5 Å². The van der Waals surface area contributed by atoms with Crippen LogP contribution in [-0.2, 0) is 6.18 Å². The summed E-state index contributed by atoms with van der Waals surface area (Å²) < 4.78 is 48.6. The van der Waals surface area contributed by atoms with Gasteiger partial charge in [-0.25, -0.2) is 9.97 Å². The van der Waals surface area contributed by atoms with E-state index in [1.54, 1.807) is 17.8 Å². The Balaban J connectivity index is 2.23. The molecule has 2 N–H and O–H groups in total. The lowest BCUT2D eigenvalue weighted by molar-refractivity contribution is -0.140. The minimum atomic E-state index is -4.73. The summed E-state index contributed by atoms with van der Waals surface area (Å²) in [5.41, 5.74) is 4.65. The molecule has 0 amide bonds. The maximum atomic E-state index is 13.6. The highest BCUT2D eigenvalue weighted by molar-refractivity contribution is 5.75. The van der Waals surface area contributed by atoms with Crippen molar-refractivity contribution in [3.8, 4) is 23.0 Å². The first-order valence-electron chi connectivity index (χ1n) is 8.19. The van der Waals surface area contributed by atoms with Gasteiger partial charge in [-0.3, -0.25) is 4.68 Å². The molecule has 0 fully saturated rings. The summed E-state index contributed by atoms with van der Waals surface area (Å²) >= 11 is 0. The molecule has 0 aromatic carbocycles. The summed E-state index contributed by atoms with van der Waals surface area (Å²) in [6.07, 6.45) is -0.460. The minimum Gasteiger partial charge on any atom is -0.475 e. The number of aromatic nitrogens is 6. The van der Waals surface area contributed by atoms with E-state index in [0.717, 1.165) is 4.68 Å². The molecule has 0 radical (unpaired) electrons. The number of halogens is 3. The maximum Gasteiger partial charge on any atom is 0.435 e. The highest BCUT2D eigenvalue weighted by Gasteiger charge is 2.40. The van der Waals surface area contributed by atoms with Gasteiger partial charge in [0.1, 0.15) is 5.82 Å². The molecular formula is C16H18F3N7O. The number of hydrogen-bond donors (Lipinski definition) is 1. The Kier molecular flexibility index (Phi) is 4.77. The number of nitrogens with two attached hydrogens (primary N) is 1. The van der Waals surface area contributed by atoms with Crippen LogP contribution in [0.1, 0.15) is 32.5 Å². The molecule has 0 aliphatic heterocycles. The number of anilines is 1. The fourth-order valence-electron chi connectivity index (χ4n) is 2.50. The van der Waals surface area contributed by atoms with E-state index in [2.05, 4.69) is 20.2 Å². The van der Waals surface area contributed by atoms with E-state index in [1.807, 2.05) is 13.8 Å². The summed E-state index contributed by atoms with van der Waals surface area (Å²) in [7, 11) is 0. The molecule has 11 heteroatoms. The largest absolute Gasteiger partial charge is 0.475 e. The zero-order valence-corrected chi connectivity index (χ0v) is 14.9. The Hall–Kier alpha value is -3.11. The number of alkyl halides is 3. The van der Waals surface area contributed by atoms with Gasteiger partial charge in [-0.15, -0.1) is 0 Å². The second-order valence-electron chi connectivity index (χ2n) is 5.91. The first kappa shape index (κ1) is 18.7. The average Bonchev–Trinajstić information content (AvgIpc) is 3.20. The number of nitrogens with zero attached hydrogens (tertiary/aromatic N) is 6. The third kappa shape index (κ3) is 3.44. The van der Waals surface area contributed by atoms with Crippen LogP contribution in [0.2, 0.25) is 0 Å². The highest BCUT2D eigenvalue weighted by Crippen LogP contribution is 2.40. The molecule has 0 aliphatic carbocycles. The quantitative estimate of drug-likeness (QED) is 0.729. The van der Waals surface area contributed by atoms with Crippen molar-refractivity contribution in [1.29, 1.82) is 0 Å². The highest BCUT2D eigenvalue weighted by atomic mass is 19.4. The van der Waals surface area contributed by atoms with Gasteiger partial charge in [-0.2, -0.15) is 28.1 Å². The zero-order chi connectivity index (χ0) is 19.8. The van der Waals surface area contributed by atoms with Crippen LogP contribution in [0.15, 0.2) is 24.7 Å². The van der Waals surface area contributed by atoms with Crippen molar-refractivity contribution in [3.63, 3.8) is 0 Å². The van der Waals surface area contributed by atoms with Gasteiger partial charge < -0.3 is 10.5 Å². The molecule has 3 rings (SSSR count). The molecule has 0 saturated heterocycles. The molecule has 0 bridgehead atoms. The molecule has 0 aliphatic rings. The molecular weight excluding hydrogens is 363 g/mol. The summed E-state index contributed by atoms with van der Waals surface area (Å²) in [5, 5.41) is 7.86. The van der Waals surface area contributed by atoms with Crippen molar-refractivity contribution in [2.75, 3.05) is 12.3 Å². The van der Waals surface area contributed by atoms with Crippen molar-refractivity contribution in [2.24, 2.45) is 0 Å². The van der Waals surface area contributed by atoms with Crippen LogP contribution < -0.4 is 10.5 Å². The SMILES string of the molecule is CCOc1nccnc1-n1nc(C(F)(F)F)c(-c2ccn(C(C)C)n2)c1N. The summed E-state index contributed by atoms with van der Waals surface area (Å²) in [5.74, 6) is -0.253. The average molecular weight is 381 g/mol. The van der Waals surface area contributed by atoms with Crippen LogP contribution in [0.5, 0.6) is 5.88 Å². The maximum absolute atomic E-state index is 13.6. The van der Waals surface area contributed by atoms with Crippen molar-refractivity contribution in [2.45, 2.75) is 33.0 Å². The summed E-state index contributed by atoms with van der Waals surface area (Å²) in [6.45, 7) is 5.70. The van der Waals surface area contributed by atoms with Crippen LogP contribution in [0, 0.1) is 0 Å². The van der Waals surface area contributed by atoms with Gasteiger partial charge in [0, 0.05) is 24.6 Å². The Labute approximate surface area is 152 Å². The molecule has 0 atom stereocenters. The van der Waals surface area contributed by atoms with Gasteiger partial charge in [-0.05, 0) is 26.8 Å². The molecule has 27 heavy (non-hydrogen) atoms. The zero-order valence-electron chi connectivity index (χ0n) is 14.9. The van der Waals surface area contributed by atoms with Gasteiger partial charge in [0.05, 0.1) is 17.9 Å². The van der Waals surface area contributed by atoms with Gasteiger partial charge >= 0.3 is 6.18 Å². The summed E-state index contributed by atoms with van der Waals surface area (Å²) in [4.78, 5) is 8.02. The van der Waals surface area contributed by atoms with Gasteiger partial charge in [0.15, 0.2) is 5.69 Å². The van der Waals surface area contributed by atoms with E-state index in [9.17, 15) is 13.2 Å². The summed E-state index contributed by atoms with van der Waals surface area (Å²) in [6, 6.07) is 1.45. The van der Waals surface area contributed by atoms with E-state index in [0.29, 0.717) is 0 Å². The third-order valence-electron chi connectivity index (χ3n) is 3.71. The second kappa shape index (κ2) is 6.89. The first-order valence-corrected chi connectivity index (χ1v) is 8.19. The lowest BCUT2D eigenvalue weighted by Gasteiger charge is -2.08. The Morgan fingerprint density at radius 1 is 1.19 bits per heavy atom. The van der Waals surface area contributed by atoms with Gasteiger partial charge in [0.25, 0.3) is 5.88 Å². The van der Waals surface area contributed by atoms with Crippen LogP contribution in [0.3, 0.4) is 0 Å². The lowest BCUT2D eigenvalue weighted by Crippen LogP contribution is -2.10. The van der Waals surface area contributed by atoms with E-state index < -0.39 is 11.9 Å². The molecule has 3 heterocycles. The molecule has 3 aromatic heterocycles. The van der Waals surface area contributed by atoms with Crippen LogP contribution in [0.25, 0.3) is 17.1 Å². The normalized spacial score (nSPS) is 12.0. The molecule has 0 unspecified atom stereocenters. The number of ether oxygens (including phenoxy) is 1. The van der Waals surface area contributed by atoms with Crippen LogP contribution in [0.4, 0.5) is 19.0 Å². The molecule has 0 spiro atoms. The number of rotatable bonds is 5. The lowest BCUT2D eigenvalue weighted by atomic mass is 10.1. The number of hydrogen-bond acceptors (Lipinski definition) is 6. The third-order valence-corrected chi connectivity index (χ3v) is 3.71. The molecule has 144 valence electrons. The van der Waals surface area contributed by atoms with Crippen molar-refractivity contribution < 1.29 is 17.9 Å². The number of nitrogen functional groups attached to an aromatic ring is 1. The van der Waals surface area contributed by atoms with E-state index in [-0.39, 0.29) is 41.4 Å². The fraction of sp³-hybridized carbons (Fsp3) is 0.375. The van der Waals surface area contributed by atoms with E-state index in [4.69, 9.17) is 10.5 Å². The van der Waals surface area contributed by atoms with Gasteiger partial charge in [-0.1, -0.05) is 0 Å². The predicted octanol–water partition coefficient (Wildman–Crippen LogP) is 3.11. The second-order valence-corrected chi connectivity index (χ2v) is 5.91. The minimum absolute atomic E-state index is 0.0195. The van der Waals surface area contributed by atoms with Crippen LogP contribution >= 0.6 is 0 Å². The fourth-order valence-corrected chi connectivity index (χ4v) is 2.50. The Morgan fingerprint density at radius 2 is 1.89 bits per heavy atom. The smallest absolute Gasteiger partial charge is 0.435 e.